The van der Waals surface area contributed by atoms with Gasteiger partial charge >= 0.3 is 0 Å². The predicted octanol–water partition coefficient (Wildman–Crippen LogP) is 3.36. The molecule has 0 saturated carbocycles. The zero-order valence-electron chi connectivity index (χ0n) is 10.4. The number of nitrogens with one attached hydrogen (secondary N) is 1. The van der Waals surface area contributed by atoms with Crippen molar-refractivity contribution in [2.24, 2.45) is 0 Å². The molecule has 1 heterocycles. The first-order valence-corrected chi connectivity index (χ1v) is 6.82. The first-order valence-electron chi connectivity index (χ1n) is 5.94. The number of thiophene rings is 1. The van der Waals surface area contributed by atoms with Crippen LogP contribution in [-0.4, -0.2) is 11.0 Å². The van der Waals surface area contributed by atoms with Crippen LogP contribution in [0.2, 0.25) is 0 Å². The highest BCUT2D eigenvalue weighted by Gasteiger charge is 2.07. The molecule has 0 aliphatic carbocycles. The number of carbonyl (C=O) groups excluding carboxylic acids is 1. The minimum Gasteiger partial charge on any atom is -0.508 e. The van der Waals surface area contributed by atoms with E-state index in [1.807, 2.05) is 17.5 Å². The van der Waals surface area contributed by atoms with Gasteiger partial charge in [0.05, 0.1) is 6.42 Å². The molecule has 0 unspecified atom stereocenters. The summed E-state index contributed by atoms with van der Waals surface area (Å²) in [4.78, 5) is 12.9. The maximum Gasteiger partial charge on any atom is 0.229 e. The van der Waals surface area contributed by atoms with E-state index < -0.39 is 0 Å². The van der Waals surface area contributed by atoms with Crippen LogP contribution in [0.15, 0.2) is 48.4 Å². The molecule has 0 saturated heterocycles. The Kier molecular flexibility index (Phi) is 4.36. The minimum atomic E-state index is -0.0577. The molecule has 1 amide bonds. The quantitative estimate of drug-likeness (QED) is 0.648. The first kappa shape index (κ1) is 13.4. The van der Waals surface area contributed by atoms with Crippen molar-refractivity contribution in [1.82, 2.24) is 0 Å². The van der Waals surface area contributed by atoms with Crippen LogP contribution in [0.4, 0.5) is 5.69 Å². The van der Waals surface area contributed by atoms with Gasteiger partial charge in [0.2, 0.25) is 5.91 Å². The Labute approximate surface area is 116 Å². The lowest BCUT2D eigenvalue weighted by Crippen LogP contribution is -2.13. The van der Waals surface area contributed by atoms with E-state index in [-0.39, 0.29) is 11.7 Å². The summed E-state index contributed by atoms with van der Waals surface area (Å²) in [5.41, 5.74) is 1.44. The Balaban J connectivity index is 2.04. The zero-order chi connectivity index (χ0) is 13.7. The van der Waals surface area contributed by atoms with E-state index in [0.717, 1.165) is 10.4 Å². The molecule has 0 atom stereocenters. The normalized spacial score (nSPS) is 10.1. The van der Waals surface area contributed by atoms with E-state index in [1.165, 1.54) is 0 Å². The van der Waals surface area contributed by atoms with Crippen molar-refractivity contribution in [3.05, 3.63) is 58.8 Å². The maximum atomic E-state index is 11.8. The van der Waals surface area contributed by atoms with E-state index in [9.17, 15) is 9.90 Å². The molecule has 0 spiro atoms. The summed E-state index contributed by atoms with van der Waals surface area (Å²) < 4.78 is 0. The van der Waals surface area contributed by atoms with Crippen LogP contribution in [0.3, 0.4) is 0 Å². The van der Waals surface area contributed by atoms with Crippen LogP contribution in [0.1, 0.15) is 10.4 Å². The predicted molar refractivity (Wildman–Crippen MR) is 78.7 cm³/mol. The van der Waals surface area contributed by atoms with Gasteiger partial charge in [-0.05, 0) is 41.6 Å². The number of phenols is 1. The fraction of sp³-hybridized carbons (Fsp3) is 0.133. The lowest BCUT2D eigenvalue weighted by molar-refractivity contribution is -0.115. The van der Waals surface area contributed by atoms with Gasteiger partial charge in [0.25, 0.3) is 0 Å². The number of allylic oxidation sites excluding steroid dienone is 1. The highest BCUT2D eigenvalue weighted by molar-refractivity contribution is 7.10. The van der Waals surface area contributed by atoms with E-state index in [2.05, 4.69) is 11.9 Å². The summed E-state index contributed by atoms with van der Waals surface area (Å²) in [6.45, 7) is 3.64. The van der Waals surface area contributed by atoms with Gasteiger partial charge in [-0.2, -0.15) is 0 Å². The van der Waals surface area contributed by atoms with Crippen molar-refractivity contribution in [3.8, 4) is 5.75 Å². The minimum absolute atomic E-state index is 0.0577. The summed E-state index contributed by atoms with van der Waals surface area (Å²) in [5.74, 6) is 0.161. The van der Waals surface area contributed by atoms with Crippen molar-refractivity contribution < 1.29 is 9.90 Å². The number of anilines is 1. The number of aromatic hydroxyl groups is 1. The van der Waals surface area contributed by atoms with Crippen LogP contribution in [-0.2, 0) is 17.6 Å². The van der Waals surface area contributed by atoms with Gasteiger partial charge in [0.1, 0.15) is 5.75 Å². The van der Waals surface area contributed by atoms with Gasteiger partial charge in [0, 0.05) is 10.6 Å². The molecule has 19 heavy (non-hydrogen) atoms. The number of amides is 1. The molecule has 0 radical (unpaired) electrons. The third-order valence-corrected chi connectivity index (χ3v) is 3.52. The van der Waals surface area contributed by atoms with Gasteiger partial charge in [-0.1, -0.05) is 12.1 Å². The number of rotatable bonds is 5. The second-order valence-electron chi connectivity index (χ2n) is 4.14. The molecular formula is C15H15NO2S. The van der Waals surface area contributed by atoms with Crippen molar-refractivity contribution >= 4 is 22.9 Å². The average molecular weight is 273 g/mol. The molecule has 1 aromatic heterocycles. The van der Waals surface area contributed by atoms with E-state index in [1.54, 1.807) is 35.6 Å². The van der Waals surface area contributed by atoms with Gasteiger partial charge < -0.3 is 10.4 Å². The number of benzene rings is 1. The number of hydrogen-bond acceptors (Lipinski definition) is 3. The van der Waals surface area contributed by atoms with Crippen LogP contribution < -0.4 is 5.32 Å². The fourth-order valence-corrected chi connectivity index (χ4v) is 2.46. The van der Waals surface area contributed by atoms with Gasteiger partial charge in [-0.25, -0.2) is 0 Å². The van der Waals surface area contributed by atoms with Gasteiger partial charge in [-0.15, -0.1) is 17.9 Å². The Morgan fingerprint density at radius 2 is 2.26 bits per heavy atom. The lowest BCUT2D eigenvalue weighted by atomic mass is 10.1. The molecular weight excluding hydrogens is 258 g/mol. The van der Waals surface area contributed by atoms with Crippen molar-refractivity contribution in [2.75, 3.05) is 5.32 Å². The smallest absolute Gasteiger partial charge is 0.229 e. The molecule has 3 nitrogen and oxygen atoms in total. The number of phenolic OH excluding ortho intramolecular Hbond substituents is 1. The molecule has 98 valence electrons. The molecule has 0 aliphatic rings. The van der Waals surface area contributed by atoms with Crippen molar-refractivity contribution in [3.63, 3.8) is 0 Å². The van der Waals surface area contributed by atoms with Crippen LogP contribution >= 0.6 is 11.3 Å². The van der Waals surface area contributed by atoms with Crippen LogP contribution in [0, 0.1) is 0 Å². The molecule has 0 aliphatic heterocycles. The molecule has 0 bridgehead atoms. The van der Waals surface area contributed by atoms with Crippen molar-refractivity contribution in [1.29, 1.82) is 0 Å². The third-order valence-electron chi connectivity index (χ3n) is 2.64. The summed E-state index contributed by atoms with van der Waals surface area (Å²) >= 11 is 1.56. The summed E-state index contributed by atoms with van der Waals surface area (Å²) in [5, 5.41) is 14.4. The van der Waals surface area contributed by atoms with E-state index in [0.29, 0.717) is 18.5 Å². The Morgan fingerprint density at radius 3 is 2.95 bits per heavy atom. The largest absolute Gasteiger partial charge is 0.508 e. The standard InChI is InChI=1S/C15H15NO2S/c1-2-4-11-9-12(6-7-14(11)17)16-15(18)10-13-5-3-8-19-13/h2-3,5-9,17H,1,4,10H2,(H,16,18). The topological polar surface area (TPSA) is 49.3 Å². The molecule has 4 heteroatoms. The Hall–Kier alpha value is -2.07. The van der Waals surface area contributed by atoms with Gasteiger partial charge in [0.15, 0.2) is 0 Å². The monoisotopic (exact) mass is 273 g/mol. The number of carbonyl (C=O) groups is 1. The van der Waals surface area contributed by atoms with Crippen molar-refractivity contribution in [2.45, 2.75) is 12.8 Å². The van der Waals surface area contributed by atoms with Crippen LogP contribution in [0.25, 0.3) is 0 Å². The summed E-state index contributed by atoms with van der Waals surface area (Å²) in [6, 6.07) is 8.90. The summed E-state index contributed by atoms with van der Waals surface area (Å²) in [6.07, 6.45) is 2.65. The maximum absolute atomic E-state index is 11.8. The molecule has 1 aromatic carbocycles. The molecule has 0 fully saturated rings. The Morgan fingerprint density at radius 1 is 1.42 bits per heavy atom. The van der Waals surface area contributed by atoms with E-state index in [4.69, 9.17) is 0 Å². The Bertz CT molecular complexity index is 576. The van der Waals surface area contributed by atoms with Gasteiger partial charge in [-0.3, -0.25) is 4.79 Å². The fourth-order valence-electron chi connectivity index (χ4n) is 1.76. The van der Waals surface area contributed by atoms with Crippen LogP contribution in [0.5, 0.6) is 5.75 Å². The second kappa shape index (κ2) is 6.20. The second-order valence-corrected chi connectivity index (χ2v) is 5.17. The molecule has 2 rings (SSSR count). The average Bonchev–Trinajstić information content (AvgIpc) is 2.86. The molecule has 2 aromatic rings. The first-order chi connectivity index (χ1) is 9.19. The zero-order valence-corrected chi connectivity index (χ0v) is 11.2. The lowest BCUT2D eigenvalue weighted by Gasteiger charge is -2.07. The summed E-state index contributed by atoms with van der Waals surface area (Å²) in [7, 11) is 0. The highest BCUT2D eigenvalue weighted by Crippen LogP contribution is 2.22. The van der Waals surface area contributed by atoms with E-state index >= 15 is 0 Å². The number of hydrogen-bond donors (Lipinski definition) is 2. The SMILES string of the molecule is C=CCc1cc(NC(=O)Cc2cccs2)ccc1O. The highest BCUT2D eigenvalue weighted by atomic mass is 32.1. The third kappa shape index (κ3) is 3.69. The molecule has 2 N–H and O–H groups in total.